The average Bonchev–Trinajstić information content (AvgIpc) is 2.20. The molecule has 1 unspecified atom stereocenters. The molecular weight excluding hydrogens is 282 g/mol. The molecule has 4 nitrogen and oxygen atoms in total. The summed E-state index contributed by atoms with van der Waals surface area (Å²) in [5.41, 5.74) is 5.86. The Kier molecular flexibility index (Phi) is 4.65. The van der Waals surface area contributed by atoms with Crippen LogP contribution in [-0.4, -0.2) is 16.9 Å². The maximum absolute atomic E-state index is 11.7. The Morgan fingerprint density at radius 2 is 2.18 bits per heavy atom. The largest absolute Gasteiger partial charge is 0.327 e. The van der Waals surface area contributed by atoms with Crippen LogP contribution in [0.5, 0.6) is 0 Å². The van der Waals surface area contributed by atoms with Gasteiger partial charge in [0.15, 0.2) is 0 Å². The van der Waals surface area contributed by atoms with Gasteiger partial charge in [-0.3, -0.25) is 4.79 Å². The summed E-state index contributed by atoms with van der Waals surface area (Å²) in [5, 5.41) is 2.72. The van der Waals surface area contributed by atoms with Crippen LogP contribution in [0.2, 0.25) is 0 Å². The van der Waals surface area contributed by atoms with Gasteiger partial charge in [-0.1, -0.05) is 20.8 Å². The highest BCUT2D eigenvalue weighted by Gasteiger charge is 2.23. The number of pyridine rings is 1. The minimum atomic E-state index is -0.169. The fraction of sp³-hybridized carbons (Fsp3) is 0.500. The van der Waals surface area contributed by atoms with Gasteiger partial charge in [-0.05, 0) is 33.5 Å². The molecule has 0 radical (unpaired) electrons. The normalized spacial score (nSPS) is 13.2. The molecular formula is C12H18BrN3O. The number of nitrogens with two attached hydrogens (primary N) is 1. The van der Waals surface area contributed by atoms with E-state index in [1.165, 1.54) is 0 Å². The van der Waals surface area contributed by atoms with Crippen molar-refractivity contribution in [1.29, 1.82) is 0 Å². The van der Waals surface area contributed by atoms with E-state index < -0.39 is 0 Å². The van der Waals surface area contributed by atoms with E-state index in [1.807, 2.05) is 26.8 Å². The van der Waals surface area contributed by atoms with Gasteiger partial charge in [-0.25, -0.2) is 4.98 Å². The van der Waals surface area contributed by atoms with Gasteiger partial charge in [0.05, 0.1) is 0 Å². The van der Waals surface area contributed by atoms with E-state index in [1.54, 1.807) is 12.3 Å². The molecule has 0 bridgehead atoms. The van der Waals surface area contributed by atoms with E-state index in [0.29, 0.717) is 12.2 Å². The number of carbonyl (C=O) groups excluding carboxylic acids is 1. The molecule has 0 spiro atoms. The van der Waals surface area contributed by atoms with Crippen LogP contribution in [0.15, 0.2) is 22.8 Å². The number of nitrogens with zero attached hydrogens (tertiary/aromatic N) is 1. The van der Waals surface area contributed by atoms with Crippen molar-refractivity contribution in [3.63, 3.8) is 0 Å². The summed E-state index contributed by atoms with van der Waals surface area (Å²) in [5.74, 6) is 0.432. The van der Waals surface area contributed by atoms with Crippen LogP contribution in [0, 0.1) is 5.41 Å². The molecule has 0 aromatic carbocycles. The molecule has 0 aliphatic rings. The van der Waals surface area contributed by atoms with E-state index in [2.05, 4.69) is 26.2 Å². The van der Waals surface area contributed by atoms with Crippen LogP contribution in [-0.2, 0) is 4.79 Å². The summed E-state index contributed by atoms with van der Waals surface area (Å²) in [6, 6.07) is 3.40. The van der Waals surface area contributed by atoms with Crippen LogP contribution >= 0.6 is 15.9 Å². The van der Waals surface area contributed by atoms with Gasteiger partial charge >= 0.3 is 0 Å². The van der Waals surface area contributed by atoms with Gasteiger partial charge in [0, 0.05) is 23.1 Å². The van der Waals surface area contributed by atoms with Crippen molar-refractivity contribution in [3.05, 3.63) is 22.8 Å². The minimum Gasteiger partial charge on any atom is -0.327 e. The molecule has 94 valence electrons. The summed E-state index contributed by atoms with van der Waals surface area (Å²) in [7, 11) is 0. The van der Waals surface area contributed by atoms with Crippen LogP contribution in [0.3, 0.4) is 0 Å². The van der Waals surface area contributed by atoms with Crippen LogP contribution in [0.4, 0.5) is 5.82 Å². The van der Waals surface area contributed by atoms with Gasteiger partial charge in [-0.15, -0.1) is 0 Å². The molecule has 1 atom stereocenters. The zero-order valence-corrected chi connectivity index (χ0v) is 11.9. The zero-order valence-electron chi connectivity index (χ0n) is 10.3. The Hall–Kier alpha value is -0.940. The zero-order chi connectivity index (χ0) is 13.1. The van der Waals surface area contributed by atoms with Crippen LogP contribution in [0.25, 0.3) is 0 Å². The number of carbonyl (C=O) groups is 1. The highest BCUT2D eigenvalue weighted by Crippen LogP contribution is 2.20. The first-order valence-electron chi connectivity index (χ1n) is 5.46. The van der Waals surface area contributed by atoms with E-state index in [9.17, 15) is 4.79 Å². The highest BCUT2D eigenvalue weighted by atomic mass is 79.9. The molecule has 0 saturated carbocycles. The lowest BCUT2D eigenvalue weighted by Crippen LogP contribution is -2.38. The summed E-state index contributed by atoms with van der Waals surface area (Å²) in [4.78, 5) is 15.8. The quantitative estimate of drug-likeness (QED) is 0.901. The molecule has 1 rings (SSSR count). The fourth-order valence-corrected chi connectivity index (χ4v) is 1.38. The lowest BCUT2D eigenvalue weighted by Gasteiger charge is -2.26. The third kappa shape index (κ3) is 4.83. The number of anilines is 1. The molecule has 1 aromatic rings. The Morgan fingerprint density at radius 3 is 2.65 bits per heavy atom. The number of hydrogen-bond acceptors (Lipinski definition) is 3. The lowest BCUT2D eigenvalue weighted by atomic mass is 9.85. The van der Waals surface area contributed by atoms with Crippen molar-refractivity contribution in [1.82, 2.24) is 4.98 Å². The van der Waals surface area contributed by atoms with E-state index in [4.69, 9.17) is 5.73 Å². The maximum Gasteiger partial charge on any atom is 0.227 e. The van der Waals surface area contributed by atoms with Crippen molar-refractivity contribution in [2.45, 2.75) is 33.2 Å². The van der Waals surface area contributed by atoms with Crippen molar-refractivity contribution >= 4 is 27.7 Å². The van der Waals surface area contributed by atoms with E-state index >= 15 is 0 Å². The first-order chi connectivity index (χ1) is 7.79. The predicted octanol–water partition coefficient (Wildman–Crippen LogP) is 2.55. The first-order valence-corrected chi connectivity index (χ1v) is 6.25. The molecule has 17 heavy (non-hydrogen) atoms. The van der Waals surface area contributed by atoms with Gasteiger partial charge in [0.25, 0.3) is 0 Å². The fourth-order valence-electron chi connectivity index (χ4n) is 1.15. The second kappa shape index (κ2) is 5.60. The predicted molar refractivity (Wildman–Crippen MR) is 72.6 cm³/mol. The number of rotatable bonds is 3. The second-order valence-electron chi connectivity index (χ2n) is 5.09. The molecule has 1 amide bonds. The van der Waals surface area contributed by atoms with E-state index in [-0.39, 0.29) is 17.4 Å². The van der Waals surface area contributed by atoms with Gasteiger partial charge < -0.3 is 11.1 Å². The topological polar surface area (TPSA) is 68.0 Å². The third-order valence-corrected chi connectivity index (χ3v) is 2.98. The standard InChI is InChI=1S/C12H18BrN3O/c1-12(2,3)9(14)6-11(17)16-10-5-4-8(13)7-15-10/h4-5,7,9H,6,14H2,1-3H3,(H,15,16,17). The number of aromatic nitrogens is 1. The Morgan fingerprint density at radius 1 is 1.53 bits per heavy atom. The number of amides is 1. The summed E-state index contributed by atoms with van der Waals surface area (Å²) in [6.45, 7) is 6.05. The van der Waals surface area contributed by atoms with Crippen molar-refractivity contribution < 1.29 is 4.79 Å². The molecule has 0 aliphatic heterocycles. The average molecular weight is 300 g/mol. The van der Waals surface area contributed by atoms with Crippen molar-refractivity contribution in [3.8, 4) is 0 Å². The third-order valence-electron chi connectivity index (χ3n) is 2.51. The molecule has 0 aliphatic carbocycles. The lowest BCUT2D eigenvalue weighted by molar-refractivity contribution is -0.117. The monoisotopic (exact) mass is 299 g/mol. The van der Waals surface area contributed by atoms with Gasteiger partial charge in [0.1, 0.15) is 5.82 Å². The molecule has 0 saturated heterocycles. The van der Waals surface area contributed by atoms with Crippen molar-refractivity contribution in [2.75, 3.05) is 5.32 Å². The molecule has 1 aromatic heterocycles. The number of hydrogen-bond donors (Lipinski definition) is 2. The SMILES string of the molecule is CC(C)(C)C(N)CC(=O)Nc1ccc(Br)cn1. The molecule has 5 heteroatoms. The summed E-state index contributed by atoms with van der Waals surface area (Å²) in [6.07, 6.45) is 1.93. The Balaban J connectivity index is 2.53. The highest BCUT2D eigenvalue weighted by molar-refractivity contribution is 9.10. The van der Waals surface area contributed by atoms with Gasteiger partial charge in [0.2, 0.25) is 5.91 Å². The second-order valence-corrected chi connectivity index (χ2v) is 6.00. The summed E-state index contributed by atoms with van der Waals surface area (Å²) >= 11 is 3.28. The first kappa shape index (κ1) is 14.1. The molecule has 3 N–H and O–H groups in total. The Labute approximate surface area is 110 Å². The summed E-state index contributed by atoms with van der Waals surface area (Å²) < 4.78 is 0.877. The van der Waals surface area contributed by atoms with Gasteiger partial charge in [-0.2, -0.15) is 0 Å². The minimum absolute atomic E-state index is 0.0789. The molecule has 0 fully saturated rings. The van der Waals surface area contributed by atoms with Crippen LogP contribution < -0.4 is 11.1 Å². The number of nitrogens with one attached hydrogen (secondary N) is 1. The number of halogens is 1. The smallest absolute Gasteiger partial charge is 0.227 e. The van der Waals surface area contributed by atoms with E-state index in [0.717, 1.165) is 4.47 Å². The van der Waals surface area contributed by atoms with Crippen molar-refractivity contribution in [2.24, 2.45) is 11.1 Å². The Bertz CT molecular complexity index is 384. The molecule has 1 heterocycles. The maximum atomic E-state index is 11.7. The van der Waals surface area contributed by atoms with Crippen LogP contribution in [0.1, 0.15) is 27.2 Å².